The molecule has 0 spiro atoms. The van der Waals surface area contributed by atoms with E-state index in [-0.39, 0.29) is 18.5 Å². The summed E-state index contributed by atoms with van der Waals surface area (Å²) in [6.07, 6.45) is -4.70. The second-order valence-corrected chi connectivity index (χ2v) is 4.22. The Balaban J connectivity index is 2.96. The van der Waals surface area contributed by atoms with Crippen LogP contribution in [0.25, 0.3) is 0 Å². The van der Waals surface area contributed by atoms with Gasteiger partial charge in [0, 0.05) is 13.7 Å². The van der Waals surface area contributed by atoms with Gasteiger partial charge in [0.05, 0.1) is 11.7 Å². The van der Waals surface area contributed by atoms with Gasteiger partial charge in [-0.05, 0) is 31.7 Å². The Bertz CT molecular complexity index is 407. The van der Waals surface area contributed by atoms with Crippen LogP contribution >= 0.6 is 0 Å². The van der Waals surface area contributed by atoms with Gasteiger partial charge in [-0.15, -0.1) is 0 Å². The average molecular weight is 277 g/mol. The molecule has 108 valence electrons. The van der Waals surface area contributed by atoms with Crippen molar-refractivity contribution in [1.82, 2.24) is 5.32 Å². The van der Waals surface area contributed by atoms with E-state index in [0.717, 1.165) is 6.07 Å². The fourth-order valence-corrected chi connectivity index (χ4v) is 1.51. The summed E-state index contributed by atoms with van der Waals surface area (Å²) in [7, 11) is 3.16. The molecule has 0 aliphatic heterocycles. The number of rotatable bonds is 6. The molecular weight excluding hydrogens is 259 g/mol. The molecule has 3 nitrogen and oxygen atoms in total. The van der Waals surface area contributed by atoms with E-state index in [1.165, 1.54) is 13.2 Å². The molecule has 0 aliphatic rings. The van der Waals surface area contributed by atoms with Crippen LogP contribution in [0.5, 0.6) is 5.75 Å². The molecule has 0 aromatic heterocycles. The highest BCUT2D eigenvalue weighted by Gasteiger charge is 2.34. The monoisotopic (exact) mass is 277 g/mol. The Labute approximate surface area is 110 Å². The van der Waals surface area contributed by atoms with Crippen molar-refractivity contribution in [3.05, 3.63) is 29.3 Å². The number of benzene rings is 1. The SMILES string of the molecule is CNCc1ccc(OCC(C)OC)c(C(F)(F)F)c1. The van der Waals surface area contributed by atoms with Crippen LogP contribution in [0.2, 0.25) is 0 Å². The van der Waals surface area contributed by atoms with E-state index in [0.29, 0.717) is 12.1 Å². The van der Waals surface area contributed by atoms with E-state index in [9.17, 15) is 13.2 Å². The summed E-state index contributed by atoms with van der Waals surface area (Å²) >= 11 is 0. The molecule has 19 heavy (non-hydrogen) atoms. The summed E-state index contributed by atoms with van der Waals surface area (Å²) in [4.78, 5) is 0. The molecule has 1 rings (SSSR count). The van der Waals surface area contributed by atoms with Crippen molar-refractivity contribution in [2.24, 2.45) is 0 Å². The molecule has 1 N–H and O–H groups in total. The van der Waals surface area contributed by atoms with Gasteiger partial charge in [0.1, 0.15) is 12.4 Å². The van der Waals surface area contributed by atoms with Crippen LogP contribution < -0.4 is 10.1 Å². The van der Waals surface area contributed by atoms with E-state index in [1.54, 1.807) is 20.0 Å². The third-order valence-corrected chi connectivity index (χ3v) is 2.61. The predicted molar refractivity (Wildman–Crippen MR) is 66.2 cm³/mol. The lowest BCUT2D eigenvalue weighted by Crippen LogP contribution is -2.18. The zero-order valence-corrected chi connectivity index (χ0v) is 11.2. The number of methoxy groups -OCH3 is 1. The topological polar surface area (TPSA) is 30.5 Å². The Kier molecular flexibility index (Phi) is 5.62. The minimum absolute atomic E-state index is 0.0744. The van der Waals surface area contributed by atoms with Crippen molar-refractivity contribution in [3.8, 4) is 5.75 Å². The highest BCUT2D eigenvalue weighted by atomic mass is 19.4. The Morgan fingerprint density at radius 2 is 2.00 bits per heavy atom. The van der Waals surface area contributed by atoms with Gasteiger partial charge in [-0.3, -0.25) is 0 Å². The van der Waals surface area contributed by atoms with Crippen molar-refractivity contribution >= 4 is 0 Å². The van der Waals surface area contributed by atoms with Crippen LogP contribution in [0.3, 0.4) is 0 Å². The summed E-state index contributed by atoms with van der Waals surface area (Å²) in [5.74, 6) is -0.170. The molecule has 0 radical (unpaired) electrons. The van der Waals surface area contributed by atoms with Crippen LogP contribution in [0.4, 0.5) is 13.2 Å². The number of hydrogen-bond acceptors (Lipinski definition) is 3. The van der Waals surface area contributed by atoms with Crippen molar-refractivity contribution in [3.63, 3.8) is 0 Å². The lowest BCUT2D eigenvalue weighted by Gasteiger charge is -2.17. The number of hydrogen-bond donors (Lipinski definition) is 1. The fourth-order valence-electron chi connectivity index (χ4n) is 1.51. The predicted octanol–water partition coefficient (Wildman–Crippen LogP) is 2.84. The van der Waals surface area contributed by atoms with Gasteiger partial charge in [-0.1, -0.05) is 6.07 Å². The molecule has 0 saturated heterocycles. The van der Waals surface area contributed by atoms with Crippen LogP contribution in [0.15, 0.2) is 18.2 Å². The van der Waals surface area contributed by atoms with Crippen molar-refractivity contribution in [1.29, 1.82) is 0 Å². The van der Waals surface area contributed by atoms with E-state index in [1.807, 2.05) is 0 Å². The number of alkyl halides is 3. The van der Waals surface area contributed by atoms with Gasteiger partial charge in [0.2, 0.25) is 0 Å². The quantitative estimate of drug-likeness (QED) is 0.867. The second kappa shape index (κ2) is 6.77. The molecule has 0 saturated carbocycles. The van der Waals surface area contributed by atoms with Crippen LogP contribution in [-0.2, 0) is 17.5 Å². The van der Waals surface area contributed by atoms with E-state index in [2.05, 4.69) is 5.32 Å². The molecule has 0 aliphatic carbocycles. The molecule has 0 heterocycles. The number of ether oxygens (including phenoxy) is 2. The summed E-state index contributed by atoms with van der Waals surface area (Å²) in [5.41, 5.74) is -0.203. The summed E-state index contributed by atoms with van der Waals surface area (Å²) in [5, 5.41) is 2.81. The molecule has 0 fully saturated rings. The average Bonchev–Trinajstić information content (AvgIpc) is 2.36. The van der Waals surface area contributed by atoms with Crippen LogP contribution in [-0.4, -0.2) is 26.9 Å². The Morgan fingerprint density at radius 1 is 1.32 bits per heavy atom. The second-order valence-electron chi connectivity index (χ2n) is 4.22. The lowest BCUT2D eigenvalue weighted by molar-refractivity contribution is -0.139. The maximum absolute atomic E-state index is 12.9. The maximum atomic E-state index is 12.9. The summed E-state index contributed by atoms with van der Waals surface area (Å²) < 4.78 is 49.0. The van der Waals surface area contributed by atoms with Gasteiger partial charge < -0.3 is 14.8 Å². The van der Waals surface area contributed by atoms with Crippen molar-refractivity contribution in [2.45, 2.75) is 25.7 Å². The first-order chi connectivity index (χ1) is 8.88. The maximum Gasteiger partial charge on any atom is 0.419 e. The molecule has 0 bridgehead atoms. The normalized spacial score (nSPS) is 13.4. The van der Waals surface area contributed by atoms with Gasteiger partial charge in [0.25, 0.3) is 0 Å². The highest BCUT2D eigenvalue weighted by molar-refractivity contribution is 5.39. The van der Waals surface area contributed by atoms with Gasteiger partial charge in [-0.2, -0.15) is 13.2 Å². The zero-order chi connectivity index (χ0) is 14.5. The van der Waals surface area contributed by atoms with Crippen LogP contribution in [0.1, 0.15) is 18.1 Å². The van der Waals surface area contributed by atoms with E-state index >= 15 is 0 Å². The first-order valence-corrected chi connectivity index (χ1v) is 5.88. The van der Waals surface area contributed by atoms with Gasteiger partial charge in [0.15, 0.2) is 0 Å². The first-order valence-electron chi connectivity index (χ1n) is 5.88. The third kappa shape index (κ3) is 4.72. The molecule has 1 unspecified atom stereocenters. The van der Waals surface area contributed by atoms with Crippen molar-refractivity contribution < 1.29 is 22.6 Å². The fraction of sp³-hybridized carbons (Fsp3) is 0.538. The van der Waals surface area contributed by atoms with Crippen molar-refractivity contribution in [2.75, 3.05) is 20.8 Å². The van der Waals surface area contributed by atoms with Gasteiger partial charge in [-0.25, -0.2) is 0 Å². The molecule has 0 amide bonds. The molecular formula is C13H18F3NO2. The Hall–Kier alpha value is -1.27. The largest absolute Gasteiger partial charge is 0.490 e. The van der Waals surface area contributed by atoms with Crippen LogP contribution in [0, 0.1) is 0 Å². The van der Waals surface area contributed by atoms with E-state index < -0.39 is 11.7 Å². The lowest BCUT2D eigenvalue weighted by atomic mass is 10.1. The minimum Gasteiger partial charge on any atom is -0.490 e. The Morgan fingerprint density at radius 3 is 2.53 bits per heavy atom. The van der Waals surface area contributed by atoms with Gasteiger partial charge >= 0.3 is 6.18 Å². The molecule has 1 aromatic carbocycles. The minimum atomic E-state index is -4.44. The highest BCUT2D eigenvalue weighted by Crippen LogP contribution is 2.36. The summed E-state index contributed by atoms with van der Waals surface area (Å²) in [6.45, 7) is 2.17. The zero-order valence-electron chi connectivity index (χ0n) is 11.2. The number of nitrogens with one attached hydrogen (secondary N) is 1. The smallest absolute Gasteiger partial charge is 0.419 e. The molecule has 1 aromatic rings. The summed E-state index contributed by atoms with van der Waals surface area (Å²) in [6, 6.07) is 4.06. The molecule has 1 atom stereocenters. The first kappa shape index (κ1) is 15.8. The third-order valence-electron chi connectivity index (χ3n) is 2.61. The standard InChI is InChI=1S/C13H18F3NO2/c1-9(18-3)8-19-12-5-4-10(7-17-2)6-11(12)13(14,15)16/h4-6,9,17H,7-8H2,1-3H3. The van der Waals surface area contributed by atoms with E-state index in [4.69, 9.17) is 9.47 Å². The molecule has 6 heteroatoms. The number of halogens is 3.